The van der Waals surface area contributed by atoms with E-state index in [2.05, 4.69) is 15.2 Å². The number of hydrogen-bond donors (Lipinski definition) is 2. The summed E-state index contributed by atoms with van der Waals surface area (Å²) in [5.74, 6) is 0.0171. The molecule has 112 valence electrons. The molecule has 2 unspecified atom stereocenters. The third kappa shape index (κ3) is 4.90. The number of carbonyl (C=O) groups is 1. The predicted octanol–water partition coefficient (Wildman–Crippen LogP) is 1.32. The van der Waals surface area contributed by atoms with Gasteiger partial charge in [-0.3, -0.25) is 14.7 Å². The lowest BCUT2D eigenvalue weighted by Crippen LogP contribution is -2.46. The quantitative estimate of drug-likeness (QED) is 0.789. The predicted molar refractivity (Wildman–Crippen MR) is 81.2 cm³/mol. The third-order valence-electron chi connectivity index (χ3n) is 3.08. The van der Waals surface area contributed by atoms with Crippen LogP contribution in [-0.4, -0.2) is 41.0 Å². The topological polar surface area (TPSA) is 71.2 Å². The van der Waals surface area contributed by atoms with Crippen LogP contribution in [-0.2, 0) is 4.79 Å². The normalized spacial score (nSPS) is 14.3. The highest BCUT2D eigenvalue weighted by Crippen LogP contribution is 2.21. The molecular weight excluding hydrogens is 252 g/mol. The maximum atomic E-state index is 12.0. The second-order valence-corrected chi connectivity index (χ2v) is 5.34. The van der Waals surface area contributed by atoms with Crippen molar-refractivity contribution in [2.24, 2.45) is 5.73 Å². The highest BCUT2D eigenvalue weighted by molar-refractivity contribution is 5.78. The summed E-state index contributed by atoms with van der Waals surface area (Å²) in [4.78, 5) is 18.4. The number of likely N-dealkylation sites (N-methyl/N-ethyl adjacent to an activating group) is 1. The van der Waals surface area contributed by atoms with E-state index in [4.69, 9.17) is 5.73 Å². The van der Waals surface area contributed by atoms with Gasteiger partial charge in [0.15, 0.2) is 0 Å². The van der Waals surface area contributed by atoms with Crippen LogP contribution in [0.3, 0.4) is 0 Å². The van der Waals surface area contributed by atoms with E-state index in [1.807, 2.05) is 45.9 Å². The van der Waals surface area contributed by atoms with Crippen LogP contribution < -0.4 is 11.1 Å². The summed E-state index contributed by atoms with van der Waals surface area (Å²) >= 11 is 0. The van der Waals surface area contributed by atoms with Crippen LogP contribution >= 0.6 is 0 Å². The van der Waals surface area contributed by atoms with Gasteiger partial charge in [-0.05, 0) is 39.4 Å². The van der Waals surface area contributed by atoms with Gasteiger partial charge in [-0.25, -0.2) is 0 Å². The Kier molecular flexibility index (Phi) is 6.61. The molecule has 0 aliphatic heterocycles. The molecule has 1 rings (SSSR count). The number of amides is 1. The zero-order valence-electron chi connectivity index (χ0n) is 12.8. The van der Waals surface area contributed by atoms with Gasteiger partial charge in [-0.1, -0.05) is 13.0 Å². The Morgan fingerprint density at radius 1 is 1.40 bits per heavy atom. The van der Waals surface area contributed by atoms with E-state index in [-0.39, 0.29) is 24.0 Å². The van der Waals surface area contributed by atoms with Gasteiger partial charge in [0, 0.05) is 18.3 Å². The summed E-state index contributed by atoms with van der Waals surface area (Å²) in [5, 5.41) is 2.91. The average molecular weight is 278 g/mol. The molecule has 1 aromatic rings. The SMILES string of the molecule is CCN(CC(=O)NC(C)C)C(c1ccccn1)C(C)N. The van der Waals surface area contributed by atoms with E-state index in [9.17, 15) is 4.79 Å². The Morgan fingerprint density at radius 2 is 2.10 bits per heavy atom. The lowest BCUT2D eigenvalue weighted by atomic mass is 10.0. The van der Waals surface area contributed by atoms with Gasteiger partial charge in [0.05, 0.1) is 18.3 Å². The molecule has 0 spiro atoms. The number of hydrogen-bond acceptors (Lipinski definition) is 4. The van der Waals surface area contributed by atoms with Gasteiger partial charge >= 0.3 is 0 Å². The Labute approximate surface area is 121 Å². The van der Waals surface area contributed by atoms with Crippen LogP contribution in [0, 0.1) is 0 Å². The molecule has 5 heteroatoms. The zero-order chi connectivity index (χ0) is 15.1. The van der Waals surface area contributed by atoms with Crippen LogP contribution in [0.25, 0.3) is 0 Å². The molecule has 0 bridgehead atoms. The van der Waals surface area contributed by atoms with E-state index in [1.54, 1.807) is 6.20 Å². The van der Waals surface area contributed by atoms with Crippen LogP contribution in [0.15, 0.2) is 24.4 Å². The van der Waals surface area contributed by atoms with Gasteiger partial charge in [-0.2, -0.15) is 0 Å². The Bertz CT molecular complexity index is 406. The number of rotatable bonds is 7. The van der Waals surface area contributed by atoms with Gasteiger partial charge < -0.3 is 11.1 Å². The van der Waals surface area contributed by atoms with Crippen molar-refractivity contribution in [3.05, 3.63) is 30.1 Å². The summed E-state index contributed by atoms with van der Waals surface area (Å²) in [6.07, 6.45) is 1.76. The van der Waals surface area contributed by atoms with Crippen LogP contribution in [0.2, 0.25) is 0 Å². The summed E-state index contributed by atoms with van der Waals surface area (Å²) in [6, 6.07) is 5.76. The number of pyridine rings is 1. The van der Waals surface area contributed by atoms with E-state index < -0.39 is 0 Å². The zero-order valence-corrected chi connectivity index (χ0v) is 12.8. The molecule has 5 nitrogen and oxygen atoms in total. The molecule has 0 aliphatic carbocycles. The second kappa shape index (κ2) is 7.97. The number of carbonyl (C=O) groups excluding carboxylic acids is 1. The van der Waals surface area contributed by atoms with Crippen molar-refractivity contribution in [2.75, 3.05) is 13.1 Å². The van der Waals surface area contributed by atoms with Gasteiger partial charge in [0.25, 0.3) is 0 Å². The highest BCUT2D eigenvalue weighted by atomic mass is 16.2. The number of nitrogens with zero attached hydrogens (tertiary/aromatic N) is 2. The van der Waals surface area contributed by atoms with Crippen molar-refractivity contribution in [3.8, 4) is 0 Å². The summed E-state index contributed by atoms with van der Waals surface area (Å²) < 4.78 is 0. The fourth-order valence-corrected chi connectivity index (χ4v) is 2.30. The van der Waals surface area contributed by atoms with Crippen LogP contribution in [0.1, 0.15) is 39.4 Å². The third-order valence-corrected chi connectivity index (χ3v) is 3.08. The molecule has 20 heavy (non-hydrogen) atoms. The molecule has 0 saturated heterocycles. The Hall–Kier alpha value is -1.46. The molecule has 1 heterocycles. The van der Waals surface area contributed by atoms with Crippen molar-refractivity contribution in [1.29, 1.82) is 0 Å². The molecule has 0 radical (unpaired) electrons. The molecule has 1 amide bonds. The highest BCUT2D eigenvalue weighted by Gasteiger charge is 2.25. The van der Waals surface area contributed by atoms with Crippen molar-refractivity contribution in [2.45, 2.75) is 45.8 Å². The minimum atomic E-state index is -0.100. The summed E-state index contributed by atoms with van der Waals surface area (Å²) in [6.45, 7) is 8.96. The number of nitrogens with two attached hydrogens (primary N) is 1. The van der Waals surface area contributed by atoms with Crippen LogP contribution in [0.5, 0.6) is 0 Å². The van der Waals surface area contributed by atoms with Crippen molar-refractivity contribution in [1.82, 2.24) is 15.2 Å². The summed E-state index contributed by atoms with van der Waals surface area (Å²) in [5.41, 5.74) is 7.01. The van der Waals surface area contributed by atoms with Crippen molar-refractivity contribution < 1.29 is 4.79 Å². The molecule has 0 fully saturated rings. The standard InChI is InChI=1S/C15H26N4O/c1-5-19(10-14(20)18-11(2)3)15(12(4)16)13-8-6-7-9-17-13/h6-9,11-12,15H,5,10,16H2,1-4H3,(H,18,20). The largest absolute Gasteiger partial charge is 0.353 e. The number of nitrogens with one attached hydrogen (secondary N) is 1. The number of aromatic nitrogens is 1. The Balaban J connectivity index is 2.85. The van der Waals surface area contributed by atoms with Crippen LogP contribution in [0.4, 0.5) is 0 Å². The van der Waals surface area contributed by atoms with E-state index in [0.29, 0.717) is 6.54 Å². The van der Waals surface area contributed by atoms with E-state index in [0.717, 1.165) is 12.2 Å². The first-order chi connectivity index (χ1) is 9.45. The van der Waals surface area contributed by atoms with Crippen molar-refractivity contribution in [3.63, 3.8) is 0 Å². The van der Waals surface area contributed by atoms with Crippen molar-refractivity contribution >= 4 is 5.91 Å². The Morgan fingerprint density at radius 3 is 2.55 bits per heavy atom. The second-order valence-electron chi connectivity index (χ2n) is 5.34. The first-order valence-electron chi connectivity index (χ1n) is 7.15. The molecule has 2 atom stereocenters. The molecular formula is C15H26N4O. The fourth-order valence-electron chi connectivity index (χ4n) is 2.30. The smallest absolute Gasteiger partial charge is 0.234 e. The van der Waals surface area contributed by atoms with Gasteiger partial charge in [0.2, 0.25) is 5.91 Å². The first kappa shape index (κ1) is 16.6. The minimum Gasteiger partial charge on any atom is -0.353 e. The lowest BCUT2D eigenvalue weighted by molar-refractivity contribution is -0.123. The lowest BCUT2D eigenvalue weighted by Gasteiger charge is -2.32. The maximum absolute atomic E-state index is 12.0. The average Bonchev–Trinajstić information content (AvgIpc) is 2.37. The molecule has 3 N–H and O–H groups in total. The fraction of sp³-hybridized carbons (Fsp3) is 0.600. The van der Waals surface area contributed by atoms with E-state index >= 15 is 0 Å². The minimum absolute atomic E-state index is 0.0171. The maximum Gasteiger partial charge on any atom is 0.234 e. The van der Waals surface area contributed by atoms with Gasteiger partial charge in [0.1, 0.15) is 0 Å². The van der Waals surface area contributed by atoms with E-state index in [1.165, 1.54) is 0 Å². The van der Waals surface area contributed by atoms with Gasteiger partial charge in [-0.15, -0.1) is 0 Å². The molecule has 0 saturated carbocycles. The monoisotopic (exact) mass is 278 g/mol. The molecule has 1 aromatic heterocycles. The molecule has 0 aromatic carbocycles. The molecule has 0 aliphatic rings. The first-order valence-corrected chi connectivity index (χ1v) is 7.15. The summed E-state index contributed by atoms with van der Waals surface area (Å²) in [7, 11) is 0.